The smallest absolute Gasteiger partial charge is 0.307 e. The maximum Gasteiger partial charge on any atom is 0.307 e. The fourth-order valence-electron chi connectivity index (χ4n) is 2.24. The molecule has 102 valence electrons. The molecule has 1 unspecified atom stereocenters. The van der Waals surface area contributed by atoms with Crippen LogP contribution in [0.1, 0.15) is 23.5 Å². The van der Waals surface area contributed by atoms with Crippen molar-refractivity contribution in [1.82, 2.24) is 10.6 Å². The van der Waals surface area contributed by atoms with Crippen LogP contribution in [0.3, 0.4) is 0 Å². The van der Waals surface area contributed by atoms with E-state index in [9.17, 15) is 9.59 Å². The molecular formula is C14H18N2O3. The predicted octanol–water partition coefficient (Wildman–Crippen LogP) is 0.553. The first-order chi connectivity index (χ1) is 9.22. The van der Waals surface area contributed by atoms with E-state index in [1.54, 1.807) is 0 Å². The van der Waals surface area contributed by atoms with E-state index in [1.165, 1.54) is 7.11 Å². The summed E-state index contributed by atoms with van der Waals surface area (Å²) in [5.74, 6) is -0.561. The predicted molar refractivity (Wildman–Crippen MR) is 70.5 cm³/mol. The molecule has 1 aromatic carbocycles. The Morgan fingerprint density at radius 2 is 2.21 bits per heavy atom. The molecule has 5 nitrogen and oxygen atoms in total. The molecule has 0 radical (unpaired) electrons. The largest absolute Gasteiger partial charge is 0.469 e. The summed E-state index contributed by atoms with van der Waals surface area (Å²) in [6.07, 6.45) is 0.198. The van der Waals surface area contributed by atoms with Gasteiger partial charge < -0.3 is 15.4 Å². The molecule has 1 aliphatic rings. The first-order valence-corrected chi connectivity index (χ1v) is 6.35. The molecule has 2 N–H and O–H groups in total. The highest BCUT2D eigenvalue weighted by Crippen LogP contribution is 2.23. The van der Waals surface area contributed by atoms with Crippen LogP contribution in [0, 0.1) is 0 Å². The molecule has 0 saturated heterocycles. The third-order valence-corrected chi connectivity index (χ3v) is 3.27. The van der Waals surface area contributed by atoms with Crippen molar-refractivity contribution in [2.75, 3.05) is 20.2 Å². The molecule has 0 bridgehead atoms. The van der Waals surface area contributed by atoms with Crippen molar-refractivity contribution in [3.63, 3.8) is 0 Å². The molecule has 2 rings (SSSR count). The minimum Gasteiger partial charge on any atom is -0.469 e. The van der Waals surface area contributed by atoms with E-state index in [-0.39, 0.29) is 24.2 Å². The zero-order valence-corrected chi connectivity index (χ0v) is 10.9. The number of rotatable bonds is 4. The number of carbonyl (C=O) groups is 2. The standard InChI is InChI=1S/C14H18N2O3/c1-19-13(17)6-7-16-14(18)12-9-15-8-10-4-2-3-5-11(10)12/h2-5,12,15H,6-9H2,1H3,(H,16,18). The summed E-state index contributed by atoms with van der Waals surface area (Å²) in [7, 11) is 1.34. The Bertz CT molecular complexity index is 474. The van der Waals surface area contributed by atoms with Crippen LogP contribution in [-0.4, -0.2) is 32.1 Å². The molecule has 19 heavy (non-hydrogen) atoms. The highest BCUT2D eigenvalue weighted by Gasteiger charge is 2.25. The van der Waals surface area contributed by atoms with Gasteiger partial charge in [0.15, 0.2) is 0 Å². The van der Waals surface area contributed by atoms with Gasteiger partial charge in [0.05, 0.1) is 19.4 Å². The van der Waals surface area contributed by atoms with E-state index < -0.39 is 0 Å². The first-order valence-electron chi connectivity index (χ1n) is 6.35. The van der Waals surface area contributed by atoms with Gasteiger partial charge in [0.1, 0.15) is 0 Å². The van der Waals surface area contributed by atoms with Gasteiger partial charge in [-0.3, -0.25) is 9.59 Å². The van der Waals surface area contributed by atoms with Gasteiger partial charge >= 0.3 is 5.97 Å². The van der Waals surface area contributed by atoms with Crippen LogP contribution < -0.4 is 10.6 Å². The van der Waals surface area contributed by atoms with Gasteiger partial charge in [-0.05, 0) is 11.1 Å². The lowest BCUT2D eigenvalue weighted by molar-refractivity contribution is -0.140. The zero-order valence-electron chi connectivity index (χ0n) is 10.9. The molecule has 0 fully saturated rings. The Labute approximate surface area is 112 Å². The van der Waals surface area contributed by atoms with Gasteiger partial charge in [-0.15, -0.1) is 0 Å². The summed E-state index contributed by atoms with van der Waals surface area (Å²) in [5, 5.41) is 6.01. The van der Waals surface area contributed by atoms with Crippen LogP contribution in [0.15, 0.2) is 24.3 Å². The summed E-state index contributed by atoms with van der Waals surface area (Å²) in [4.78, 5) is 23.1. The molecule has 1 amide bonds. The normalized spacial score (nSPS) is 17.4. The maximum atomic E-state index is 12.1. The monoisotopic (exact) mass is 262 g/mol. The molecular weight excluding hydrogens is 244 g/mol. The average molecular weight is 262 g/mol. The van der Waals surface area contributed by atoms with E-state index in [4.69, 9.17) is 0 Å². The number of ether oxygens (including phenoxy) is 1. The summed E-state index contributed by atoms with van der Waals surface area (Å²) >= 11 is 0. The molecule has 0 aliphatic carbocycles. The Hall–Kier alpha value is -1.88. The van der Waals surface area contributed by atoms with E-state index in [0.29, 0.717) is 13.1 Å². The second-order valence-corrected chi connectivity index (χ2v) is 4.50. The molecule has 1 aromatic rings. The van der Waals surface area contributed by atoms with Crippen LogP contribution in [-0.2, 0) is 20.9 Å². The second-order valence-electron chi connectivity index (χ2n) is 4.50. The number of esters is 1. The van der Waals surface area contributed by atoms with Crippen LogP contribution >= 0.6 is 0 Å². The third-order valence-electron chi connectivity index (χ3n) is 3.27. The molecule has 1 heterocycles. The van der Waals surface area contributed by atoms with E-state index >= 15 is 0 Å². The second kappa shape index (κ2) is 6.33. The van der Waals surface area contributed by atoms with E-state index in [1.807, 2.05) is 24.3 Å². The van der Waals surface area contributed by atoms with Crippen molar-refractivity contribution in [2.45, 2.75) is 18.9 Å². The Morgan fingerprint density at radius 1 is 1.42 bits per heavy atom. The number of carbonyl (C=O) groups excluding carboxylic acids is 2. The minimum absolute atomic E-state index is 0.0523. The van der Waals surface area contributed by atoms with Gasteiger partial charge in [-0.25, -0.2) is 0 Å². The van der Waals surface area contributed by atoms with Crippen LogP contribution in [0.5, 0.6) is 0 Å². The average Bonchev–Trinajstić information content (AvgIpc) is 2.46. The van der Waals surface area contributed by atoms with Crippen LogP contribution in [0.4, 0.5) is 0 Å². The third kappa shape index (κ3) is 3.32. The first kappa shape index (κ1) is 13.5. The molecule has 0 aromatic heterocycles. The molecule has 0 saturated carbocycles. The van der Waals surface area contributed by atoms with Crippen LogP contribution in [0.25, 0.3) is 0 Å². The lowest BCUT2D eigenvalue weighted by atomic mass is 9.90. The van der Waals surface area contributed by atoms with E-state index in [2.05, 4.69) is 15.4 Å². The SMILES string of the molecule is COC(=O)CCNC(=O)C1CNCc2ccccc21. The summed E-state index contributed by atoms with van der Waals surface area (Å²) < 4.78 is 4.53. The van der Waals surface area contributed by atoms with E-state index in [0.717, 1.165) is 17.7 Å². The van der Waals surface area contributed by atoms with Gasteiger partial charge in [0.2, 0.25) is 5.91 Å². The number of benzene rings is 1. The zero-order chi connectivity index (χ0) is 13.7. The fourth-order valence-corrected chi connectivity index (χ4v) is 2.24. The highest BCUT2D eigenvalue weighted by molar-refractivity contribution is 5.85. The van der Waals surface area contributed by atoms with Crippen molar-refractivity contribution >= 4 is 11.9 Å². The lowest BCUT2D eigenvalue weighted by Crippen LogP contribution is -2.39. The van der Waals surface area contributed by atoms with Crippen molar-refractivity contribution in [3.05, 3.63) is 35.4 Å². The molecule has 0 spiro atoms. The fraction of sp³-hybridized carbons (Fsp3) is 0.429. The summed E-state index contributed by atoms with van der Waals surface area (Å²) in [5.41, 5.74) is 2.22. The number of nitrogens with one attached hydrogen (secondary N) is 2. The van der Waals surface area contributed by atoms with Gasteiger partial charge in [0.25, 0.3) is 0 Å². The van der Waals surface area contributed by atoms with Gasteiger partial charge in [-0.2, -0.15) is 0 Å². The maximum absolute atomic E-state index is 12.1. The van der Waals surface area contributed by atoms with Crippen molar-refractivity contribution in [1.29, 1.82) is 0 Å². The topological polar surface area (TPSA) is 67.4 Å². The minimum atomic E-state index is -0.317. The van der Waals surface area contributed by atoms with Gasteiger partial charge in [-0.1, -0.05) is 24.3 Å². The van der Waals surface area contributed by atoms with Crippen molar-refractivity contribution in [2.24, 2.45) is 0 Å². The summed E-state index contributed by atoms with van der Waals surface area (Å²) in [6, 6.07) is 7.92. The number of hydrogen-bond acceptors (Lipinski definition) is 4. The summed E-state index contributed by atoms with van der Waals surface area (Å²) in [6.45, 7) is 1.73. The Balaban J connectivity index is 1.95. The lowest BCUT2D eigenvalue weighted by Gasteiger charge is -2.25. The molecule has 1 atom stereocenters. The molecule has 1 aliphatic heterocycles. The Kier molecular flexibility index (Phi) is 4.52. The van der Waals surface area contributed by atoms with Gasteiger partial charge in [0, 0.05) is 19.6 Å². The highest BCUT2D eigenvalue weighted by atomic mass is 16.5. The quantitative estimate of drug-likeness (QED) is 0.778. The number of hydrogen-bond donors (Lipinski definition) is 2. The molecule has 5 heteroatoms. The van der Waals surface area contributed by atoms with Crippen LogP contribution in [0.2, 0.25) is 0 Å². The Morgan fingerprint density at radius 3 is 3.00 bits per heavy atom. The number of fused-ring (bicyclic) bond motifs is 1. The number of amides is 1. The van der Waals surface area contributed by atoms with Crippen molar-refractivity contribution < 1.29 is 14.3 Å². The van der Waals surface area contributed by atoms with Crippen molar-refractivity contribution in [3.8, 4) is 0 Å². The number of methoxy groups -OCH3 is 1.